The first kappa shape index (κ1) is 19.1. The third-order valence-electron chi connectivity index (χ3n) is 4.04. The first-order valence-corrected chi connectivity index (χ1v) is 9.77. The van der Waals surface area contributed by atoms with Gasteiger partial charge in [-0.25, -0.2) is 4.79 Å². The van der Waals surface area contributed by atoms with Gasteiger partial charge in [0.1, 0.15) is 5.00 Å². The molecular formula is C21H20N2O2S2. The molecule has 0 fully saturated rings. The molecule has 27 heavy (non-hydrogen) atoms. The van der Waals surface area contributed by atoms with Crippen LogP contribution in [0.4, 0.5) is 10.7 Å². The van der Waals surface area contributed by atoms with Crippen LogP contribution in [0.5, 0.6) is 0 Å². The molecule has 3 rings (SSSR count). The van der Waals surface area contributed by atoms with Gasteiger partial charge in [0.15, 0.2) is 5.11 Å². The van der Waals surface area contributed by atoms with Crippen LogP contribution in [0, 0.1) is 0 Å². The van der Waals surface area contributed by atoms with Crippen LogP contribution in [0.2, 0.25) is 0 Å². The standard InChI is InChI=1S/C21H20N2O2S2/c1-3-14-9-11-16(12-10-14)22-21(26)23-19-17(20(24)25-2)13-18(27-19)15-7-5-4-6-8-15/h4-13H,3H2,1-2H3,(H2,22,23,26). The molecule has 6 heteroatoms. The van der Waals surface area contributed by atoms with Gasteiger partial charge in [0, 0.05) is 10.6 Å². The quantitative estimate of drug-likeness (QED) is 0.436. The molecular weight excluding hydrogens is 376 g/mol. The summed E-state index contributed by atoms with van der Waals surface area (Å²) in [4.78, 5) is 13.1. The summed E-state index contributed by atoms with van der Waals surface area (Å²) in [5.74, 6) is -0.397. The molecule has 0 aliphatic carbocycles. The summed E-state index contributed by atoms with van der Waals surface area (Å²) >= 11 is 6.88. The Morgan fingerprint density at radius 2 is 1.78 bits per heavy atom. The average Bonchev–Trinajstić information content (AvgIpc) is 3.12. The summed E-state index contributed by atoms with van der Waals surface area (Å²) in [7, 11) is 1.37. The van der Waals surface area contributed by atoms with E-state index in [1.165, 1.54) is 24.0 Å². The molecule has 4 nitrogen and oxygen atoms in total. The van der Waals surface area contributed by atoms with Gasteiger partial charge >= 0.3 is 5.97 Å². The Hall–Kier alpha value is -2.70. The molecule has 0 aliphatic rings. The van der Waals surface area contributed by atoms with Crippen molar-refractivity contribution in [3.63, 3.8) is 0 Å². The number of hydrogen-bond acceptors (Lipinski definition) is 4. The van der Waals surface area contributed by atoms with E-state index in [0.717, 1.165) is 22.5 Å². The van der Waals surface area contributed by atoms with Crippen molar-refractivity contribution in [2.45, 2.75) is 13.3 Å². The highest BCUT2D eigenvalue weighted by molar-refractivity contribution is 7.80. The second kappa shape index (κ2) is 8.79. The first-order valence-electron chi connectivity index (χ1n) is 8.55. The SMILES string of the molecule is CCc1ccc(NC(=S)Nc2sc(-c3ccccc3)cc2C(=O)OC)cc1. The van der Waals surface area contributed by atoms with Gasteiger partial charge in [-0.2, -0.15) is 0 Å². The monoisotopic (exact) mass is 396 g/mol. The van der Waals surface area contributed by atoms with E-state index in [1.807, 2.05) is 48.5 Å². The largest absolute Gasteiger partial charge is 0.465 e. The third-order valence-corrected chi connectivity index (χ3v) is 5.35. The van der Waals surface area contributed by atoms with Crippen LogP contribution in [0.25, 0.3) is 10.4 Å². The number of aryl methyl sites for hydroxylation is 1. The van der Waals surface area contributed by atoms with E-state index in [-0.39, 0.29) is 0 Å². The molecule has 0 amide bonds. The number of thiophene rings is 1. The molecule has 2 N–H and O–H groups in total. The predicted molar refractivity (Wildman–Crippen MR) is 117 cm³/mol. The van der Waals surface area contributed by atoms with Crippen molar-refractivity contribution in [1.82, 2.24) is 0 Å². The average molecular weight is 397 g/mol. The highest BCUT2D eigenvalue weighted by Gasteiger charge is 2.18. The van der Waals surface area contributed by atoms with Crippen LogP contribution < -0.4 is 10.6 Å². The number of methoxy groups -OCH3 is 1. The van der Waals surface area contributed by atoms with Crippen molar-refractivity contribution in [2.24, 2.45) is 0 Å². The lowest BCUT2D eigenvalue weighted by atomic mass is 10.1. The molecule has 1 heterocycles. The number of thiocarbonyl (C=S) groups is 1. The summed E-state index contributed by atoms with van der Waals surface area (Å²) in [5, 5.41) is 7.36. The third kappa shape index (κ3) is 4.72. The molecule has 2 aromatic carbocycles. The van der Waals surface area contributed by atoms with Gasteiger partial charge in [0.2, 0.25) is 0 Å². The Labute approximate surface area is 168 Å². The molecule has 0 spiro atoms. The van der Waals surface area contributed by atoms with Crippen LogP contribution >= 0.6 is 23.6 Å². The number of carbonyl (C=O) groups is 1. The van der Waals surface area contributed by atoms with Gasteiger partial charge < -0.3 is 15.4 Å². The summed E-state index contributed by atoms with van der Waals surface area (Å²) in [6.07, 6.45) is 0.989. The fraction of sp³-hybridized carbons (Fsp3) is 0.143. The van der Waals surface area contributed by atoms with Gasteiger partial charge in [0.25, 0.3) is 0 Å². The minimum Gasteiger partial charge on any atom is -0.465 e. The fourth-order valence-corrected chi connectivity index (χ4v) is 3.92. The molecule has 0 unspecified atom stereocenters. The lowest BCUT2D eigenvalue weighted by Crippen LogP contribution is -2.19. The van der Waals surface area contributed by atoms with E-state index in [9.17, 15) is 4.79 Å². The lowest BCUT2D eigenvalue weighted by Gasteiger charge is -2.10. The molecule has 0 bridgehead atoms. The van der Waals surface area contributed by atoms with E-state index in [0.29, 0.717) is 15.7 Å². The maximum Gasteiger partial charge on any atom is 0.340 e. The first-order chi connectivity index (χ1) is 13.1. The number of carbonyl (C=O) groups excluding carboxylic acids is 1. The summed E-state index contributed by atoms with van der Waals surface area (Å²) in [6.45, 7) is 2.12. The smallest absolute Gasteiger partial charge is 0.340 e. The van der Waals surface area contributed by atoms with Gasteiger partial charge in [-0.1, -0.05) is 49.4 Å². The molecule has 0 atom stereocenters. The zero-order chi connectivity index (χ0) is 19.2. The van der Waals surface area contributed by atoms with Crippen LogP contribution in [0.3, 0.4) is 0 Å². The Morgan fingerprint density at radius 1 is 1.07 bits per heavy atom. The highest BCUT2D eigenvalue weighted by Crippen LogP contribution is 2.36. The van der Waals surface area contributed by atoms with Crippen LogP contribution in [0.1, 0.15) is 22.8 Å². The van der Waals surface area contributed by atoms with E-state index in [4.69, 9.17) is 17.0 Å². The van der Waals surface area contributed by atoms with Gasteiger partial charge in [-0.05, 0) is 48.0 Å². The number of benzene rings is 2. The zero-order valence-corrected chi connectivity index (χ0v) is 16.7. The van der Waals surface area contributed by atoms with Crippen LogP contribution in [-0.2, 0) is 11.2 Å². The summed E-state index contributed by atoms with van der Waals surface area (Å²) in [5.41, 5.74) is 3.66. The van der Waals surface area contributed by atoms with Crippen LogP contribution in [-0.4, -0.2) is 18.2 Å². The summed E-state index contributed by atoms with van der Waals surface area (Å²) in [6, 6.07) is 19.8. The molecule has 138 valence electrons. The molecule has 0 saturated heterocycles. The maximum absolute atomic E-state index is 12.2. The van der Waals surface area contributed by atoms with Crippen molar-refractivity contribution < 1.29 is 9.53 Å². The lowest BCUT2D eigenvalue weighted by molar-refractivity contribution is 0.0602. The maximum atomic E-state index is 12.2. The number of esters is 1. The Morgan fingerprint density at radius 3 is 2.41 bits per heavy atom. The molecule has 0 aliphatic heterocycles. The molecule has 3 aromatic rings. The molecule has 1 aromatic heterocycles. The Bertz CT molecular complexity index is 935. The predicted octanol–water partition coefficient (Wildman–Crippen LogP) is 5.57. The number of ether oxygens (including phenoxy) is 1. The Kier molecular flexibility index (Phi) is 6.21. The summed E-state index contributed by atoms with van der Waals surface area (Å²) < 4.78 is 4.92. The topological polar surface area (TPSA) is 50.4 Å². The van der Waals surface area contributed by atoms with Crippen molar-refractivity contribution >= 4 is 45.3 Å². The van der Waals surface area contributed by atoms with E-state index in [1.54, 1.807) is 0 Å². The van der Waals surface area contributed by atoms with Crippen LogP contribution in [0.15, 0.2) is 60.7 Å². The number of hydrogen-bond donors (Lipinski definition) is 2. The van der Waals surface area contributed by atoms with Crippen molar-refractivity contribution in [3.05, 3.63) is 71.8 Å². The fourth-order valence-electron chi connectivity index (χ4n) is 2.58. The minimum absolute atomic E-state index is 0.397. The number of rotatable bonds is 5. The van der Waals surface area contributed by atoms with Crippen molar-refractivity contribution in [3.8, 4) is 10.4 Å². The van der Waals surface area contributed by atoms with E-state index >= 15 is 0 Å². The van der Waals surface area contributed by atoms with E-state index < -0.39 is 5.97 Å². The normalized spacial score (nSPS) is 10.3. The highest BCUT2D eigenvalue weighted by atomic mass is 32.1. The van der Waals surface area contributed by atoms with E-state index in [2.05, 4.69) is 29.7 Å². The second-order valence-electron chi connectivity index (χ2n) is 5.84. The van der Waals surface area contributed by atoms with Crippen molar-refractivity contribution in [1.29, 1.82) is 0 Å². The Balaban J connectivity index is 1.80. The molecule has 0 radical (unpaired) electrons. The van der Waals surface area contributed by atoms with Crippen molar-refractivity contribution in [2.75, 3.05) is 17.7 Å². The van der Waals surface area contributed by atoms with Gasteiger partial charge in [-0.3, -0.25) is 0 Å². The second-order valence-corrected chi connectivity index (χ2v) is 7.30. The zero-order valence-electron chi connectivity index (χ0n) is 15.1. The minimum atomic E-state index is -0.397. The number of anilines is 2. The van der Waals surface area contributed by atoms with Gasteiger partial charge in [-0.15, -0.1) is 11.3 Å². The number of nitrogens with one attached hydrogen (secondary N) is 2. The molecule has 0 saturated carbocycles. The van der Waals surface area contributed by atoms with Gasteiger partial charge in [0.05, 0.1) is 12.7 Å².